The van der Waals surface area contributed by atoms with Crippen molar-refractivity contribution >= 4 is 33.2 Å². The van der Waals surface area contributed by atoms with Crippen molar-refractivity contribution in [1.82, 2.24) is 4.72 Å². The third-order valence-electron chi connectivity index (χ3n) is 1.75. The smallest absolute Gasteiger partial charge is 0.242 e. The Bertz CT molecular complexity index is 474. The van der Waals surface area contributed by atoms with Crippen molar-refractivity contribution in [3.63, 3.8) is 0 Å². The van der Waals surface area contributed by atoms with Crippen LogP contribution in [-0.2, 0) is 10.0 Å². The van der Waals surface area contributed by atoms with E-state index in [1.54, 1.807) is 0 Å². The van der Waals surface area contributed by atoms with Crippen LogP contribution in [0, 0.1) is 0 Å². The molecule has 0 fully saturated rings. The summed E-state index contributed by atoms with van der Waals surface area (Å²) in [6.45, 7) is 1.40. The van der Waals surface area contributed by atoms with Crippen LogP contribution in [-0.4, -0.2) is 26.2 Å². The van der Waals surface area contributed by atoms with Crippen LogP contribution in [0.5, 0.6) is 0 Å². The van der Waals surface area contributed by atoms with Gasteiger partial charge >= 0.3 is 0 Å². The molecule has 1 aromatic carbocycles. The van der Waals surface area contributed by atoms with Crippen molar-refractivity contribution in [3.05, 3.63) is 28.2 Å². The minimum atomic E-state index is -3.73. The number of halogens is 2. The van der Waals surface area contributed by atoms with Crippen LogP contribution in [0.15, 0.2) is 23.1 Å². The number of aliphatic hydroxyl groups is 1. The summed E-state index contributed by atoms with van der Waals surface area (Å²) in [5, 5.41) is 9.37. The van der Waals surface area contributed by atoms with Gasteiger partial charge in [0.05, 0.1) is 11.1 Å². The normalized spacial score (nSPS) is 13.8. The molecule has 4 nitrogen and oxygen atoms in total. The molecule has 90 valence electrons. The van der Waals surface area contributed by atoms with Crippen molar-refractivity contribution < 1.29 is 13.5 Å². The van der Waals surface area contributed by atoms with E-state index in [4.69, 9.17) is 28.3 Å². The zero-order valence-electron chi connectivity index (χ0n) is 8.44. The number of benzene rings is 1. The van der Waals surface area contributed by atoms with Gasteiger partial charge in [-0.05, 0) is 25.1 Å². The van der Waals surface area contributed by atoms with Crippen molar-refractivity contribution in [1.29, 1.82) is 0 Å². The average molecular weight is 284 g/mol. The summed E-state index contributed by atoms with van der Waals surface area (Å²) in [5.74, 6) is 0. The second-order valence-corrected chi connectivity index (χ2v) is 5.85. The van der Waals surface area contributed by atoms with E-state index in [0.29, 0.717) is 0 Å². The van der Waals surface area contributed by atoms with Crippen LogP contribution in [0.4, 0.5) is 0 Å². The zero-order valence-corrected chi connectivity index (χ0v) is 10.8. The van der Waals surface area contributed by atoms with E-state index < -0.39 is 16.1 Å². The molecule has 0 radical (unpaired) electrons. The molecule has 16 heavy (non-hydrogen) atoms. The molecule has 7 heteroatoms. The van der Waals surface area contributed by atoms with E-state index in [9.17, 15) is 8.42 Å². The van der Waals surface area contributed by atoms with Gasteiger partial charge in [-0.25, -0.2) is 13.1 Å². The van der Waals surface area contributed by atoms with E-state index in [-0.39, 0.29) is 21.5 Å². The van der Waals surface area contributed by atoms with Gasteiger partial charge in [0, 0.05) is 11.6 Å². The van der Waals surface area contributed by atoms with E-state index in [0.717, 1.165) is 0 Å². The van der Waals surface area contributed by atoms with Gasteiger partial charge in [-0.3, -0.25) is 0 Å². The molecule has 0 aliphatic heterocycles. The molecule has 0 heterocycles. The average Bonchev–Trinajstić information content (AvgIpc) is 2.19. The predicted molar refractivity (Wildman–Crippen MR) is 63.3 cm³/mol. The lowest BCUT2D eigenvalue weighted by Gasteiger charge is -2.09. The molecule has 0 aromatic heterocycles. The maximum Gasteiger partial charge on any atom is 0.242 e. The fraction of sp³-hybridized carbons (Fsp3) is 0.333. The first kappa shape index (κ1) is 13.7. The molecule has 2 N–H and O–H groups in total. The summed E-state index contributed by atoms with van der Waals surface area (Å²) < 4.78 is 25.7. The Morgan fingerprint density at radius 2 is 2.06 bits per heavy atom. The Morgan fingerprint density at radius 3 is 2.62 bits per heavy atom. The molecule has 0 bridgehead atoms. The largest absolute Gasteiger partial charge is 0.392 e. The molecule has 0 spiro atoms. The number of sulfonamides is 1. The Labute approximate surface area is 104 Å². The summed E-state index contributed by atoms with van der Waals surface area (Å²) in [4.78, 5) is -0.0951. The number of hydrogen-bond acceptors (Lipinski definition) is 3. The third kappa shape index (κ3) is 3.61. The summed E-state index contributed by atoms with van der Waals surface area (Å²) in [5.41, 5.74) is 0. The van der Waals surface area contributed by atoms with Crippen LogP contribution >= 0.6 is 23.2 Å². The topological polar surface area (TPSA) is 66.4 Å². The monoisotopic (exact) mass is 283 g/mol. The first-order valence-corrected chi connectivity index (χ1v) is 6.69. The Morgan fingerprint density at radius 1 is 1.44 bits per heavy atom. The molecule has 1 unspecified atom stereocenters. The summed E-state index contributed by atoms with van der Waals surface area (Å²) in [6, 6.07) is 4.16. The van der Waals surface area contributed by atoms with Crippen LogP contribution in [0.2, 0.25) is 10.0 Å². The van der Waals surface area contributed by atoms with Gasteiger partial charge in [-0.15, -0.1) is 0 Å². The van der Waals surface area contributed by atoms with Gasteiger partial charge in [0.15, 0.2) is 0 Å². The minimum absolute atomic E-state index is 0.0782. The van der Waals surface area contributed by atoms with Gasteiger partial charge in [-0.2, -0.15) is 0 Å². The Hall–Kier alpha value is -0.330. The highest BCUT2D eigenvalue weighted by Gasteiger charge is 2.18. The van der Waals surface area contributed by atoms with E-state index in [1.165, 1.54) is 25.1 Å². The molecule has 1 rings (SSSR count). The van der Waals surface area contributed by atoms with Crippen molar-refractivity contribution in [2.75, 3.05) is 6.54 Å². The summed E-state index contributed by atoms with van der Waals surface area (Å²) >= 11 is 11.4. The Kier molecular flexibility index (Phi) is 4.58. The van der Waals surface area contributed by atoms with Gasteiger partial charge < -0.3 is 5.11 Å². The lowest BCUT2D eigenvalue weighted by molar-refractivity contribution is 0.198. The molecular weight excluding hydrogens is 273 g/mol. The van der Waals surface area contributed by atoms with Gasteiger partial charge in [0.1, 0.15) is 4.90 Å². The van der Waals surface area contributed by atoms with Crippen LogP contribution in [0.25, 0.3) is 0 Å². The SMILES string of the molecule is CC(O)CNS(=O)(=O)c1cc(Cl)ccc1Cl. The molecule has 0 amide bonds. The Balaban J connectivity index is 3.02. The second-order valence-electron chi connectivity index (χ2n) is 3.28. The number of nitrogens with one attached hydrogen (secondary N) is 1. The fourth-order valence-corrected chi connectivity index (χ4v) is 2.87. The molecule has 1 aromatic rings. The molecule has 0 aliphatic carbocycles. The first-order chi connectivity index (χ1) is 7.33. The van der Waals surface area contributed by atoms with E-state index in [1.807, 2.05) is 0 Å². The molecule has 1 atom stereocenters. The van der Waals surface area contributed by atoms with E-state index >= 15 is 0 Å². The maximum absolute atomic E-state index is 11.7. The second kappa shape index (κ2) is 5.33. The highest BCUT2D eigenvalue weighted by Crippen LogP contribution is 2.24. The molecule has 0 aliphatic rings. The van der Waals surface area contributed by atoms with Gasteiger partial charge in [0.2, 0.25) is 10.0 Å². The predicted octanol–water partition coefficient (Wildman–Crippen LogP) is 1.65. The van der Waals surface area contributed by atoms with Crippen molar-refractivity contribution in [3.8, 4) is 0 Å². The van der Waals surface area contributed by atoms with Crippen molar-refractivity contribution in [2.24, 2.45) is 0 Å². The molecule has 0 saturated carbocycles. The fourth-order valence-electron chi connectivity index (χ4n) is 0.991. The zero-order chi connectivity index (χ0) is 12.3. The minimum Gasteiger partial charge on any atom is -0.392 e. The standard InChI is InChI=1S/C9H11Cl2NO3S/c1-6(13)5-12-16(14,15)9-4-7(10)2-3-8(9)11/h2-4,6,12-13H,5H2,1H3. The lowest BCUT2D eigenvalue weighted by Crippen LogP contribution is -2.30. The first-order valence-electron chi connectivity index (χ1n) is 4.45. The van der Waals surface area contributed by atoms with Gasteiger partial charge in [-0.1, -0.05) is 23.2 Å². The number of hydrogen-bond donors (Lipinski definition) is 2. The highest BCUT2D eigenvalue weighted by atomic mass is 35.5. The quantitative estimate of drug-likeness (QED) is 0.883. The van der Waals surface area contributed by atoms with Crippen LogP contribution in [0.1, 0.15) is 6.92 Å². The van der Waals surface area contributed by atoms with E-state index in [2.05, 4.69) is 4.72 Å². The van der Waals surface area contributed by atoms with Crippen LogP contribution < -0.4 is 4.72 Å². The van der Waals surface area contributed by atoms with Crippen LogP contribution in [0.3, 0.4) is 0 Å². The lowest BCUT2D eigenvalue weighted by atomic mass is 10.4. The van der Waals surface area contributed by atoms with Crippen molar-refractivity contribution in [2.45, 2.75) is 17.9 Å². The molecule has 0 saturated heterocycles. The maximum atomic E-state index is 11.7. The number of aliphatic hydroxyl groups excluding tert-OH is 1. The molecular formula is C9H11Cl2NO3S. The summed E-state index contributed by atoms with van der Waals surface area (Å²) in [6.07, 6.45) is -0.771. The highest BCUT2D eigenvalue weighted by molar-refractivity contribution is 7.89. The number of rotatable bonds is 4. The summed E-state index contributed by atoms with van der Waals surface area (Å²) in [7, 11) is -3.73. The third-order valence-corrected chi connectivity index (χ3v) is 3.89. The van der Waals surface area contributed by atoms with Gasteiger partial charge in [0.25, 0.3) is 0 Å².